The first kappa shape index (κ1) is 8.64. The normalized spacial score (nSPS) is 9.92. The molecule has 0 bridgehead atoms. The fourth-order valence-electron chi connectivity index (χ4n) is 0.831. The standard InChI is InChI=1S/C8H6F2O2/c1-4(11)6-2-5(9)3-7(12)8(6)10/h2-3,12H,1H3. The van der Waals surface area contributed by atoms with E-state index in [1.807, 2.05) is 0 Å². The number of Topliss-reactive ketones (excluding diaryl/α,β-unsaturated/α-hetero) is 1. The van der Waals surface area contributed by atoms with E-state index in [9.17, 15) is 13.6 Å². The number of benzene rings is 1. The molecule has 12 heavy (non-hydrogen) atoms. The molecule has 0 aliphatic rings. The van der Waals surface area contributed by atoms with Gasteiger partial charge in [0.15, 0.2) is 17.3 Å². The van der Waals surface area contributed by atoms with E-state index >= 15 is 0 Å². The summed E-state index contributed by atoms with van der Waals surface area (Å²) in [6.45, 7) is 1.09. The van der Waals surface area contributed by atoms with E-state index in [0.29, 0.717) is 6.07 Å². The largest absolute Gasteiger partial charge is 0.505 e. The Hall–Kier alpha value is -1.45. The highest BCUT2D eigenvalue weighted by Crippen LogP contribution is 2.21. The molecule has 0 amide bonds. The van der Waals surface area contributed by atoms with Crippen molar-refractivity contribution in [1.82, 2.24) is 0 Å². The number of halogens is 2. The first-order valence-corrected chi connectivity index (χ1v) is 3.21. The molecule has 0 aromatic heterocycles. The molecule has 0 saturated carbocycles. The van der Waals surface area contributed by atoms with E-state index in [4.69, 9.17) is 5.11 Å². The molecular weight excluding hydrogens is 166 g/mol. The first-order chi connectivity index (χ1) is 5.52. The lowest BCUT2D eigenvalue weighted by Gasteiger charge is -2.00. The number of phenolic OH excluding ortho intramolecular Hbond substituents is 1. The first-order valence-electron chi connectivity index (χ1n) is 3.21. The molecular formula is C8H6F2O2. The van der Waals surface area contributed by atoms with Crippen molar-refractivity contribution in [3.8, 4) is 5.75 Å². The van der Waals surface area contributed by atoms with E-state index in [-0.39, 0.29) is 0 Å². The Labute approximate surface area is 67.4 Å². The van der Waals surface area contributed by atoms with Gasteiger partial charge in [0.25, 0.3) is 0 Å². The Morgan fingerprint density at radius 1 is 1.42 bits per heavy atom. The van der Waals surface area contributed by atoms with Gasteiger partial charge in [-0.1, -0.05) is 0 Å². The van der Waals surface area contributed by atoms with Gasteiger partial charge in [0.1, 0.15) is 5.82 Å². The Balaban J connectivity index is 3.37. The van der Waals surface area contributed by atoms with Crippen LogP contribution in [0.5, 0.6) is 5.75 Å². The molecule has 1 aromatic rings. The monoisotopic (exact) mass is 172 g/mol. The molecule has 64 valence electrons. The van der Waals surface area contributed by atoms with Gasteiger partial charge >= 0.3 is 0 Å². The van der Waals surface area contributed by atoms with Crippen LogP contribution in [0.2, 0.25) is 0 Å². The summed E-state index contributed by atoms with van der Waals surface area (Å²) >= 11 is 0. The van der Waals surface area contributed by atoms with Crippen LogP contribution in [0.3, 0.4) is 0 Å². The predicted molar refractivity (Wildman–Crippen MR) is 38.0 cm³/mol. The molecule has 0 radical (unpaired) electrons. The maximum atomic E-state index is 12.8. The van der Waals surface area contributed by atoms with Crippen molar-refractivity contribution < 1.29 is 18.7 Å². The summed E-state index contributed by atoms with van der Waals surface area (Å²) in [5.41, 5.74) is -0.437. The zero-order chi connectivity index (χ0) is 9.30. The van der Waals surface area contributed by atoms with Crippen LogP contribution in [-0.2, 0) is 0 Å². The molecule has 0 aliphatic carbocycles. The minimum absolute atomic E-state index is 0.437. The lowest BCUT2D eigenvalue weighted by atomic mass is 10.1. The van der Waals surface area contributed by atoms with E-state index in [2.05, 4.69) is 0 Å². The fourth-order valence-corrected chi connectivity index (χ4v) is 0.831. The number of hydrogen-bond donors (Lipinski definition) is 1. The van der Waals surface area contributed by atoms with Crippen LogP contribution in [0.15, 0.2) is 12.1 Å². The summed E-state index contributed by atoms with van der Waals surface area (Å²) in [6.07, 6.45) is 0. The molecule has 0 aliphatic heterocycles. The number of carbonyl (C=O) groups excluding carboxylic acids is 1. The predicted octanol–water partition coefficient (Wildman–Crippen LogP) is 1.87. The van der Waals surface area contributed by atoms with Gasteiger partial charge in [0.05, 0.1) is 5.56 Å². The van der Waals surface area contributed by atoms with Crippen molar-refractivity contribution >= 4 is 5.78 Å². The second-order valence-electron chi connectivity index (χ2n) is 2.34. The molecule has 2 nitrogen and oxygen atoms in total. The van der Waals surface area contributed by atoms with Gasteiger partial charge in [-0.3, -0.25) is 4.79 Å². The maximum Gasteiger partial charge on any atom is 0.175 e. The second kappa shape index (κ2) is 2.89. The second-order valence-corrected chi connectivity index (χ2v) is 2.34. The molecule has 0 fully saturated rings. The highest BCUT2D eigenvalue weighted by atomic mass is 19.1. The molecule has 0 spiro atoms. The van der Waals surface area contributed by atoms with Gasteiger partial charge in [-0.05, 0) is 13.0 Å². The molecule has 1 N–H and O–H groups in total. The van der Waals surface area contributed by atoms with E-state index < -0.39 is 28.7 Å². The van der Waals surface area contributed by atoms with Crippen LogP contribution < -0.4 is 0 Å². The Kier molecular flexibility index (Phi) is 2.08. The van der Waals surface area contributed by atoms with Crippen LogP contribution in [-0.4, -0.2) is 10.9 Å². The minimum atomic E-state index is -1.08. The van der Waals surface area contributed by atoms with Gasteiger partial charge in [-0.25, -0.2) is 8.78 Å². The molecule has 0 unspecified atom stereocenters. The van der Waals surface area contributed by atoms with Crippen molar-refractivity contribution in [1.29, 1.82) is 0 Å². The fraction of sp³-hybridized carbons (Fsp3) is 0.125. The number of phenols is 1. The Morgan fingerprint density at radius 2 is 2.00 bits per heavy atom. The van der Waals surface area contributed by atoms with Crippen LogP contribution in [0.25, 0.3) is 0 Å². The number of hydrogen-bond acceptors (Lipinski definition) is 2. The Morgan fingerprint density at radius 3 is 2.50 bits per heavy atom. The van der Waals surface area contributed by atoms with Crippen molar-refractivity contribution in [3.05, 3.63) is 29.3 Å². The average molecular weight is 172 g/mol. The number of ketones is 1. The SMILES string of the molecule is CC(=O)c1cc(F)cc(O)c1F. The van der Waals surface area contributed by atoms with Gasteiger partial charge in [-0.15, -0.1) is 0 Å². The third-order valence-corrected chi connectivity index (χ3v) is 1.40. The Bertz CT molecular complexity index is 334. The third-order valence-electron chi connectivity index (χ3n) is 1.40. The van der Waals surface area contributed by atoms with Gasteiger partial charge in [-0.2, -0.15) is 0 Å². The van der Waals surface area contributed by atoms with E-state index in [1.165, 1.54) is 0 Å². The lowest BCUT2D eigenvalue weighted by Crippen LogP contribution is -1.98. The zero-order valence-electron chi connectivity index (χ0n) is 6.27. The quantitative estimate of drug-likeness (QED) is 0.656. The third kappa shape index (κ3) is 1.42. The van der Waals surface area contributed by atoms with Gasteiger partial charge < -0.3 is 5.11 Å². The van der Waals surface area contributed by atoms with Crippen LogP contribution in [0.4, 0.5) is 8.78 Å². The zero-order valence-corrected chi connectivity index (χ0v) is 6.27. The summed E-state index contributed by atoms with van der Waals surface area (Å²) in [4.78, 5) is 10.7. The summed E-state index contributed by atoms with van der Waals surface area (Å²) < 4.78 is 25.3. The number of aromatic hydroxyl groups is 1. The van der Waals surface area contributed by atoms with Crippen LogP contribution in [0, 0.1) is 11.6 Å². The number of rotatable bonds is 1. The van der Waals surface area contributed by atoms with Crippen molar-refractivity contribution in [2.75, 3.05) is 0 Å². The minimum Gasteiger partial charge on any atom is -0.505 e. The maximum absolute atomic E-state index is 12.8. The summed E-state index contributed by atoms with van der Waals surface area (Å²) in [6, 6.07) is 1.36. The summed E-state index contributed by atoms with van der Waals surface area (Å²) in [7, 11) is 0. The summed E-state index contributed by atoms with van der Waals surface area (Å²) in [5.74, 6) is -3.38. The average Bonchev–Trinajstić information content (AvgIpc) is 1.96. The molecule has 0 saturated heterocycles. The molecule has 1 aromatic carbocycles. The van der Waals surface area contributed by atoms with Crippen molar-refractivity contribution in [2.24, 2.45) is 0 Å². The number of carbonyl (C=O) groups is 1. The molecule has 0 heterocycles. The summed E-state index contributed by atoms with van der Waals surface area (Å²) in [5, 5.41) is 8.76. The van der Waals surface area contributed by atoms with Crippen molar-refractivity contribution in [2.45, 2.75) is 6.92 Å². The van der Waals surface area contributed by atoms with Gasteiger partial charge in [0, 0.05) is 6.07 Å². The van der Waals surface area contributed by atoms with Crippen LogP contribution in [0.1, 0.15) is 17.3 Å². The van der Waals surface area contributed by atoms with E-state index in [0.717, 1.165) is 13.0 Å². The highest BCUT2D eigenvalue weighted by Gasteiger charge is 2.13. The smallest absolute Gasteiger partial charge is 0.175 e. The molecule has 0 atom stereocenters. The van der Waals surface area contributed by atoms with Gasteiger partial charge in [0.2, 0.25) is 0 Å². The van der Waals surface area contributed by atoms with Crippen molar-refractivity contribution in [3.63, 3.8) is 0 Å². The molecule has 1 rings (SSSR count). The van der Waals surface area contributed by atoms with Crippen LogP contribution >= 0.6 is 0 Å². The topological polar surface area (TPSA) is 37.3 Å². The van der Waals surface area contributed by atoms with E-state index in [1.54, 1.807) is 0 Å². The molecule has 4 heteroatoms. The lowest BCUT2D eigenvalue weighted by molar-refractivity contribution is 0.101. The highest BCUT2D eigenvalue weighted by molar-refractivity contribution is 5.94.